The van der Waals surface area contributed by atoms with E-state index in [4.69, 9.17) is 0 Å². The molecule has 0 aliphatic rings. The van der Waals surface area contributed by atoms with E-state index >= 15 is 0 Å². The Morgan fingerprint density at radius 3 is 1.82 bits per heavy atom. The van der Waals surface area contributed by atoms with Gasteiger partial charge in [0.15, 0.2) is 0 Å². The molecule has 49 heavy (non-hydrogen) atoms. The van der Waals surface area contributed by atoms with E-state index in [1.54, 1.807) is 0 Å². The molecule has 0 amide bonds. The Balaban J connectivity index is 1.29. The number of benzene rings is 8. The number of anilines is 3. The van der Waals surface area contributed by atoms with Gasteiger partial charge in [0.1, 0.15) is 0 Å². The molecular formula is C46H29NS2. The summed E-state index contributed by atoms with van der Waals surface area (Å²) in [6.45, 7) is 0. The highest BCUT2D eigenvalue weighted by Gasteiger charge is 2.23. The van der Waals surface area contributed by atoms with Crippen LogP contribution in [0.3, 0.4) is 0 Å². The normalized spacial score (nSPS) is 11.7. The molecule has 2 aromatic heterocycles. The summed E-state index contributed by atoms with van der Waals surface area (Å²) >= 11 is 3.74. The van der Waals surface area contributed by atoms with Crippen molar-refractivity contribution in [3.8, 4) is 22.3 Å². The number of rotatable bonds is 5. The summed E-state index contributed by atoms with van der Waals surface area (Å²) in [6, 6.07) is 64.5. The maximum absolute atomic E-state index is 2.47. The molecule has 0 spiro atoms. The summed E-state index contributed by atoms with van der Waals surface area (Å²) < 4.78 is 5.21. The molecule has 1 nitrogen and oxygen atoms in total. The Kier molecular flexibility index (Phi) is 6.61. The highest BCUT2D eigenvalue weighted by Crippen LogP contribution is 2.50. The smallest absolute Gasteiger partial charge is 0.0547 e. The van der Waals surface area contributed by atoms with Gasteiger partial charge >= 0.3 is 0 Å². The fourth-order valence-electron chi connectivity index (χ4n) is 7.42. The molecule has 0 N–H and O–H groups in total. The van der Waals surface area contributed by atoms with Gasteiger partial charge in [0.2, 0.25) is 0 Å². The van der Waals surface area contributed by atoms with Crippen LogP contribution in [0.5, 0.6) is 0 Å². The quantitative estimate of drug-likeness (QED) is 0.178. The van der Waals surface area contributed by atoms with E-state index in [0.29, 0.717) is 0 Å². The number of nitrogens with zero attached hydrogens (tertiary/aromatic N) is 1. The molecule has 0 fully saturated rings. The Morgan fingerprint density at radius 2 is 0.980 bits per heavy atom. The van der Waals surface area contributed by atoms with Crippen LogP contribution >= 0.6 is 22.7 Å². The molecule has 10 aromatic rings. The van der Waals surface area contributed by atoms with Crippen LogP contribution in [0.1, 0.15) is 0 Å². The molecule has 0 bridgehead atoms. The number of thiophene rings is 2. The zero-order valence-corrected chi connectivity index (χ0v) is 28.1. The molecule has 8 aromatic carbocycles. The van der Waals surface area contributed by atoms with E-state index < -0.39 is 0 Å². The number of fused-ring (bicyclic) bond motifs is 7. The Bertz CT molecular complexity index is 2820. The molecule has 10 rings (SSSR count). The van der Waals surface area contributed by atoms with E-state index in [1.165, 1.54) is 79.1 Å². The van der Waals surface area contributed by atoms with Gasteiger partial charge in [-0.05, 0) is 76.0 Å². The van der Waals surface area contributed by atoms with E-state index in [9.17, 15) is 0 Å². The SMILES string of the molecule is c1ccc(-c2ccc(N(c3ccc4c(c3)sc3ccccc34)c3ccc4sc5ccccc5c4c3-c3cccc4ccccc34)cc2)cc1. The van der Waals surface area contributed by atoms with Gasteiger partial charge in [-0.2, -0.15) is 0 Å². The number of hydrogen-bond acceptors (Lipinski definition) is 3. The molecule has 0 aliphatic carbocycles. The molecule has 0 aliphatic heterocycles. The lowest BCUT2D eigenvalue weighted by molar-refractivity contribution is 1.30. The molecule has 0 radical (unpaired) electrons. The minimum atomic E-state index is 1.13. The third-order valence-corrected chi connectivity index (χ3v) is 11.9. The molecular weight excluding hydrogens is 631 g/mol. The van der Waals surface area contributed by atoms with Crippen molar-refractivity contribution in [1.82, 2.24) is 0 Å². The molecule has 0 atom stereocenters. The molecule has 0 unspecified atom stereocenters. The average Bonchev–Trinajstić information content (AvgIpc) is 3.73. The summed E-state index contributed by atoms with van der Waals surface area (Å²) in [5, 5.41) is 7.73. The Morgan fingerprint density at radius 1 is 0.367 bits per heavy atom. The fraction of sp³-hybridized carbons (Fsp3) is 0. The largest absolute Gasteiger partial charge is 0.310 e. The monoisotopic (exact) mass is 659 g/mol. The van der Waals surface area contributed by atoms with Crippen LogP contribution in [-0.4, -0.2) is 0 Å². The second-order valence-corrected chi connectivity index (χ2v) is 14.7. The first-order valence-electron chi connectivity index (χ1n) is 16.6. The van der Waals surface area contributed by atoms with Gasteiger partial charge in [-0.1, -0.05) is 127 Å². The average molecular weight is 660 g/mol. The van der Waals surface area contributed by atoms with Crippen molar-refractivity contribution >= 4 is 90.9 Å². The van der Waals surface area contributed by atoms with Crippen molar-refractivity contribution in [3.05, 3.63) is 176 Å². The Labute approximate surface area is 292 Å². The van der Waals surface area contributed by atoms with Gasteiger partial charge in [-0.15, -0.1) is 22.7 Å². The minimum absolute atomic E-state index is 1.13. The predicted molar refractivity (Wildman–Crippen MR) is 215 cm³/mol. The maximum atomic E-state index is 2.47. The summed E-state index contributed by atoms with van der Waals surface area (Å²) in [5.74, 6) is 0. The molecule has 0 saturated carbocycles. The van der Waals surface area contributed by atoms with Gasteiger partial charge in [-0.3, -0.25) is 0 Å². The van der Waals surface area contributed by atoms with Crippen molar-refractivity contribution in [1.29, 1.82) is 0 Å². The van der Waals surface area contributed by atoms with Crippen molar-refractivity contribution in [2.45, 2.75) is 0 Å². The van der Waals surface area contributed by atoms with Crippen LogP contribution in [0.15, 0.2) is 176 Å². The van der Waals surface area contributed by atoms with Crippen molar-refractivity contribution in [2.24, 2.45) is 0 Å². The molecule has 0 saturated heterocycles. The van der Waals surface area contributed by atoms with Gasteiger partial charge in [0.25, 0.3) is 0 Å². The second kappa shape index (κ2) is 11.5. The highest BCUT2D eigenvalue weighted by molar-refractivity contribution is 7.26. The van der Waals surface area contributed by atoms with E-state index in [2.05, 4.69) is 181 Å². The van der Waals surface area contributed by atoms with Crippen LogP contribution in [0.2, 0.25) is 0 Å². The summed E-state index contributed by atoms with van der Waals surface area (Å²) in [7, 11) is 0. The van der Waals surface area contributed by atoms with Crippen molar-refractivity contribution < 1.29 is 0 Å². The molecule has 230 valence electrons. The maximum Gasteiger partial charge on any atom is 0.0547 e. The fourth-order valence-corrected chi connectivity index (χ4v) is 9.68. The van der Waals surface area contributed by atoms with Crippen LogP contribution in [0.25, 0.3) is 73.4 Å². The Hall–Kier alpha value is -5.74. The van der Waals surface area contributed by atoms with Crippen LogP contribution in [0, 0.1) is 0 Å². The van der Waals surface area contributed by atoms with Crippen LogP contribution in [0.4, 0.5) is 17.1 Å². The van der Waals surface area contributed by atoms with Gasteiger partial charge in [-0.25, -0.2) is 0 Å². The zero-order chi connectivity index (χ0) is 32.3. The van der Waals surface area contributed by atoms with Crippen LogP contribution in [-0.2, 0) is 0 Å². The first kappa shape index (κ1) is 28.3. The standard InChI is InChI=1S/C46H29NS2/c1-2-11-30(12-3-1)31-21-23-33(24-22-31)47(34-25-26-37-36-16-6-8-19-41(36)49-44(37)29-34)40-27-28-43-46(39-17-7-9-20-42(39)48-43)45(40)38-18-10-14-32-13-4-5-15-35(32)38/h1-29H. The number of hydrogen-bond donors (Lipinski definition) is 0. The zero-order valence-electron chi connectivity index (χ0n) is 26.5. The van der Waals surface area contributed by atoms with Gasteiger partial charge in [0, 0.05) is 57.3 Å². The van der Waals surface area contributed by atoms with E-state index in [-0.39, 0.29) is 0 Å². The van der Waals surface area contributed by atoms with Crippen molar-refractivity contribution in [2.75, 3.05) is 4.90 Å². The summed E-state index contributed by atoms with van der Waals surface area (Å²) in [4.78, 5) is 2.47. The predicted octanol–water partition coefficient (Wildman–Crippen LogP) is 14.4. The highest BCUT2D eigenvalue weighted by atomic mass is 32.1. The topological polar surface area (TPSA) is 3.24 Å². The van der Waals surface area contributed by atoms with E-state index in [0.717, 1.165) is 11.4 Å². The lowest BCUT2D eigenvalue weighted by atomic mass is 9.92. The lowest BCUT2D eigenvalue weighted by Gasteiger charge is -2.29. The molecule has 2 heterocycles. The summed E-state index contributed by atoms with van der Waals surface area (Å²) in [6.07, 6.45) is 0. The second-order valence-electron chi connectivity index (χ2n) is 12.5. The molecule has 3 heteroatoms. The minimum Gasteiger partial charge on any atom is -0.310 e. The first-order chi connectivity index (χ1) is 24.3. The van der Waals surface area contributed by atoms with E-state index in [1.807, 2.05) is 22.7 Å². The first-order valence-corrected chi connectivity index (χ1v) is 18.2. The van der Waals surface area contributed by atoms with Gasteiger partial charge < -0.3 is 4.90 Å². The summed E-state index contributed by atoms with van der Waals surface area (Å²) in [5.41, 5.74) is 8.37. The third kappa shape index (κ3) is 4.66. The third-order valence-electron chi connectivity index (χ3n) is 9.67. The van der Waals surface area contributed by atoms with Crippen LogP contribution < -0.4 is 4.90 Å². The van der Waals surface area contributed by atoms with Crippen molar-refractivity contribution in [3.63, 3.8) is 0 Å². The van der Waals surface area contributed by atoms with Gasteiger partial charge in [0.05, 0.1) is 5.69 Å². The lowest BCUT2D eigenvalue weighted by Crippen LogP contribution is -2.11.